The predicted octanol–water partition coefficient (Wildman–Crippen LogP) is 6.33. The Morgan fingerprint density at radius 2 is 1.94 bits per heavy atom. The summed E-state index contributed by atoms with van der Waals surface area (Å²) in [5.41, 5.74) is 2.00. The summed E-state index contributed by atoms with van der Waals surface area (Å²) in [6.07, 6.45) is 0. The normalized spacial score (nSPS) is 11.2. The van der Waals surface area contributed by atoms with Gasteiger partial charge in [0.2, 0.25) is 0 Å². The van der Waals surface area contributed by atoms with E-state index >= 15 is 0 Å². The highest BCUT2D eigenvalue weighted by molar-refractivity contribution is 7.19. The monoisotopic (exact) mass is 479 g/mol. The maximum absolute atomic E-state index is 12.4. The van der Waals surface area contributed by atoms with Crippen LogP contribution in [0.3, 0.4) is 0 Å². The summed E-state index contributed by atoms with van der Waals surface area (Å²) in [7, 11) is 0. The van der Waals surface area contributed by atoms with E-state index < -0.39 is 10.9 Å². The largest absolute Gasteiger partial charge is 0.477 e. The van der Waals surface area contributed by atoms with Crippen LogP contribution in [0.1, 0.15) is 16.2 Å². The molecule has 2 aromatic carbocycles. The number of thiophene rings is 1. The molecular formula is C23H14ClN3O5S. The molecular weight excluding hydrogens is 466 g/mol. The van der Waals surface area contributed by atoms with E-state index in [0.29, 0.717) is 37.8 Å². The molecule has 164 valence electrons. The SMILES string of the molecule is O=C(O)c1c(-c2ccccc2)c2cc([N+](=O)[O-])ccc2n1Cc1cc(-c2ccc(Cl)s2)on1. The van der Waals surface area contributed by atoms with Crippen LogP contribution in [0.5, 0.6) is 0 Å². The van der Waals surface area contributed by atoms with Crippen molar-refractivity contribution >= 4 is 45.5 Å². The zero-order valence-corrected chi connectivity index (χ0v) is 18.3. The van der Waals surface area contributed by atoms with E-state index in [1.165, 1.54) is 23.5 Å². The average molecular weight is 480 g/mol. The van der Waals surface area contributed by atoms with Crippen LogP contribution in [0.25, 0.3) is 32.7 Å². The van der Waals surface area contributed by atoms with Crippen LogP contribution in [0.2, 0.25) is 4.34 Å². The summed E-state index contributed by atoms with van der Waals surface area (Å²) in [4.78, 5) is 24.1. The van der Waals surface area contributed by atoms with Crippen molar-refractivity contribution in [1.82, 2.24) is 9.72 Å². The zero-order valence-electron chi connectivity index (χ0n) is 16.8. The van der Waals surface area contributed by atoms with E-state index in [9.17, 15) is 20.0 Å². The summed E-state index contributed by atoms with van der Waals surface area (Å²) in [5, 5.41) is 26.1. The lowest BCUT2D eigenvalue weighted by atomic mass is 10.0. The second-order valence-corrected chi connectivity index (χ2v) is 8.94. The second kappa shape index (κ2) is 8.19. The minimum absolute atomic E-state index is 0.0143. The Hall–Kier alpha value is -3.95. The van der Waals surface area contributed by atoms with Crippen molar-refractivity contribution < 1.29 is 19.3 Å². The fraction of sp³-hybridized carbons (Fsp3) is 0.0435. The van der Waals surface area contributed by atoms with Crippen LogP contribution >= 0.6 is 22.9 Å². The third-order valence-electron chi connectivity index (χ3n) is 5.22. The third-order valence-corrected chi connectivity index (χ3v) is 6.46. The number of aromatic carboxylic acids is 1. The van der Waals surface area contributed by atoms with Gasteiger partial charge >= 0.3 is 5.97 Å². The van der Waals surface area contributed by atoms with Crippen LogP contribution in [0.15, 0.2) is 71.3 Å². The first-order valence-corrected chi connectivity index (χ1v) is 10.9. The Morgan fingerprint density at radius 3 is 2.61 bits per heavy atom. The minimum atomic E-state index is -1.15. The van der Waals surface area contributed by atoms with Crippen molar-refractivity contribution in [2.24, 2.45) is 0 Å². The van der Waals surface area contributed by atoms with Gasteiger partial charge in [-0.1, -0.05) is 47.1 Å². The molecule has 1 N–H and O–H groups in total. The van der Waals surface area contributed by atoms with Gasteiger partial charge in [-0.3, -0.25) is 10.1 Å². The van der Waals surface area contributed by atoms with Crippen molar-refractivity contribution in [2.45, 2.75) is 6.54 Å². The number of carboxylic acids is 1. The first-order chi connectivity index (χ1) is 15.9. The predicted molar refractivity (Wildman–Crippen MR) is 125 cm³/mol. The lowest BCUT2D eigenvalue weighted by Crippen LogP contribution is -2.10. The van der Waals surface area contributed by atoms with Gasteiger partial charge in [0.15, 0.2) is 5.76 Å². The molecule has 5 rings (SSSR count). The van der Waals surface area contributed by atoms with Gasteiger partial charge in [0, 0.05) is 29.1 Å². The highest BCUT2D eigenvalue weighted by atomic mass is 35.5. The Morgan fingerprint density at radius 1 is 1.15 bits per heavy atom. The summed E-state index contributed by atoms with van der Waals surface area (Å²) < 4.78 is 7.65. The highest BCUT2D eigenvalue weighted by Gasteiger charge is 2.26. The number of hydrogen-bond acceptors (Lipinski definition) is 6. The van der Waals surface area contributed by atoms with Crippen LogP contribution in [-0.2, 0) is 6.54 Å². The van der Waals surface area contributed by atoms with Crippen LogP contribution < -0.4 is 0 Å². The number of carbonyl (C=O) groups is 1. The molecule has 0 atom stereocenters. The van der Waals surface area contributed by atoms with Gasteiger partial charge in [0.05, 0.1) is 26.2 Å². The van der Waals surface area contributed by atoms with Crippen molar-refractivity contribution in [3.05, 3.63) is 92.6 Å². The van der Waals surface area contributed by atoms with Gasteiger partial charge in [-0.2, -0.15) is 0 Å². The summed E-state index contributed by atoms with van der Waals surface area (Å²) in [5.74, 6) is -0.629. The fourth-order valence-corrected chi connectivity index (χ4v) is 4.84. The maximum Gasteiger partial charge on any atom is 0.353 e. The van der Waals surface area contributed by atoms with Crippen LogP contribution in [0.4, 0.5) is 5.69 Å². The first kappa shape index (κ1) is 20.9. The molecule has 0 spiro atoms. The lowest BCUT2D eigenvalue weighted by molar-refractivity contribution is -0.384. The summed E-state index contributed by atoms with van der Waals surface area (Å²) in [6, 6.07) is 18.6. The molecule has 0 aliphatic heterocycles. The number of carboxylic acid groups (broad SMARTS) is 1. The molecule has 5 aromatic rings. The van der Waals surface area contributed by atoms with Crippen LogP contribution in [-0.4, -0.2) is 25.7 Å². The highest BCUT2D eigenvalue weighted by Crippen LogP contribution is 2.38. The second-order valence-electron chi connectivity index (χ2n) is 7.23. The minimum Gasteiger partial charge on any atom is -0.477 e. The smallest absolute Gasteiger partial charge is 0.353 e. The molecule has 3 heterocycles. The molecule has 0 radical (unpaired) electrons. The Labute approximate surface area is 195 Å². The van der Waals surface area contributed by atoms with Gasteiger partial charge in [-0.05, 0) is 23.8 Å². The number of hydrogen-bond donors (Lipinski definition) is 1. The molecule has 10 heteroatoms. The number of non-ortho nitro benzene ring substituents is 1. The maximum atomic E-state index is 12.4. The van der Waals surface area contributed by atoms with Crippen molar-refractivity contribution in [1.29, 1.82) is 0 Å². The van der Waals surface area contributed by atoms with E-state index in [2.05, 4.69) is 5.16 Å². The molecule has 0 aliphatic rings. The number of nitro groups is 1. The van der Waals surface area contributed by atoms with Gasteiger partial charge in [0.25, 0.3) is 5.69 Å². The number of nitrogens with zero attached hydrogens (tertiary/aromatic N) is 3. The summed E-state index contributed by atoms with van der Waals surface area (Å²) in [6.45, 7) is 0.103. The molecule has 33 heavy (non-hydrogen) atoms. The van der Waals surface area contributed by atoms with Gasteiger partial charge in [0.1, 0.15) is 11.4 Å². The Balaban J connectivity index is 1.70. The van der Waals surface area contributed by atoms with E-state index in [4.69, 9.17) is 16.1 Å². The fourth-order valence-electron chi connectivity index (χ4n) is 3.85. The first-order valence-electron chi connectivity index (χ1n) is 9.73. The van der Waals surface area contributed by atoms with E-state index in [1.54, 1.807) is 47.0 Å². The standard InChI is InChI=1S/C23H14ClN3O5S/c24-20-9-8-19(33-20)18-10-14(25-32-18)12-26-17-7-6-15(27(30)31)11-16(17)21(22(26)23(28)29)13-4-2-1-3-5-13/h1-11H,12H2,(H,28,29). The zero-order chi connectivity index (χ0) is 23.1. The molecule has 0 fully saturated rings. The van der Waals surface area contributed by atoms with Gasteiger partial charge < -0.3 is 14.2 Å². The van der Waals surface area contributed by atoms with Crippen molar-refractivity contribution in [2.75, 3.05) is 0 Å². The molecule has 0 bridgehead atoms. The van der Waals surface area contributed by atoms with E-state index in [0.717, 1.165) is 4.88 Å². The van der Waals surface area contributed by atoms with Gasteiger partial charge in [-0.25, -0.2) is 4.79 Å². The number of aromatic nitrogens is 2. The molecule has 0 amide bonds. The molecule has 3 aromatic heterocycles. The number of rotatable bonds is 6. The molecule has 0 saturated heterocycles. The Bertz CT molecular complexity index is 1520. The van der Waals surface area contributed by atoms with Crippen LogP contribution in [0, 0.1) is 10.1 Å². The van der Waals surface area contributed by atoms with Gasteiger partial charge in [-0.15, -0.1) is 11.3 Å². The molecule has 0 saturated carbocycles. The third kappa shape index (κ3) is 3.77. The van der Waals surface area contributed by atoms with Crippen molar-refractivity contribution in [3.63, 3.8) is 0 Å². The number of nitro benzene ring substituents is 1. The topological polar surface area (TPSA) is 111 Å². The van der Waals surface area contributed by atoms with E-state index in [1.807, 2.05) is 12.1 Å². The average Bonchev–Trinajstić information content (AvgIpc) is 3.52. The number of halogens is 1. The lowest BCUT2D eigenvalue weighted by Gasteiger charge is -2.07. The number of benzene rings is 2. The summed E-state index contributed by atoms with van der Waals surface area (Å²) >= 11 is 7.35. The van der Waals surface area contributed by atoms with Crippen molar-refractivity contribution in [3.8, 4) is 21.8 Å². The number of fused-ring (bicyclic) bond motifs is 1. The molecule has 0 aliphatic carbocycles. The Kier molecular flexibility index (Phi) is 5.20. The quantitative estimate of drug-likeness (QED) is 0.225. The molecule has 8 nitrogen and oxygen atoms in total. The van der Waals surface area contributed by atoms with E-state index in [-0.39, 0.29) is 17.9 Å². The molecule has 0 unspecified atom stereocenters.